The van der Waals surface area contributed by atoms with E-state index in [-0.39, 0.29) is 11.9 Å². The Morgan fingerprint density at radius 2 is 2.12 bits per heavy atom. The van der Waals surface area contributed by atoms with Gasteiger partial charge in [0.25, 0.3) is 0 Å². The molecule has 1 aliphatic rings. The summed E-state index contributed by atoms with van der Waals surface area (Å²) in [6.45, 7) is 2.20. The summed E-state index contributed by atoms with van der Waals surface area (Å²) in [4.78, 5) is 0. The maximum absolute atomic E-state index is 13.2. The summed E-state index contributed by atoms with van der Waals surface area (Å²) in [5, 5.41) is 0. The summed E-state index contributed by atoms with van der Waals surface area (Å²) in [5.74, 6) is 1.00. The van der Waals surface area contributed by atoms with E-state index in [9.17, 15) is 4.39 Å². The Labute approximate surface area is 110 Å². The lowest BCUT2D eigenvalue weighted by Gasteiger charge is -2.31. The molecule has 2 unspecified atom stereocenters. The van der Waals surface area contributed by atoms with Crippen LogP contribution in [0, 0.1) is 11.7 Å². The van der Waals surface area contributed by atoms with Gasteiger partial charge in [-0.2, -0.15) is 0 Å². The fraction of sp³-hybridized carbons (Fsp3) is 0.571. The SMILES string of the molecule is CCC1CCCCC1Oc1cc(F)ccc1Br. The van der Waals surface area contributed by atoms with E-state index < -0.39 is 0 Å². The Morgan fingerprint density at radius 3 is 2.88 bits per heavy atom. The number of ether oxygens (including phenoxy) is 1. The van der Waals surface area contributed by atoms with Gasteiger partial charge in [0, 0.05) is 6.07 Å². The lowest BCUT2D eigenvalue weighted by molar-refractivity contribution is 0.0893. The first-order valence-electron chi connectivity index (χ1n) is 6.32. The summed E-state index contributed by atoms with van der Waals surface area (Å²) in [6.07, 6.45) is 6.20. The minimum atomic E-state index is -0.243. The largest absolute Gasteiger partial charge is 0.489 e. The van der Waals surface area contributed by atoms with Crippen molar-refractivity contribution in [3.63, 3.8) is 0 Å². The van der Waals surface area contributed by atoms with Crippen LogP contribution in [0.1, 0.15) is 39.0 Å². The Balaban J connectivity index is 2.10. The summed E-state index contributed by atoms with van der Waals surface area (Å²) in [7, 11) is 0. The van der Waals surface area contributed by atoms with Crippen molar-refractivity contribution in [2.45, 2.75) is 45.1 Å². The first-order chi connectivity index (χ1) is 8.20. The summed E-state index contributed by atoms with van der Waals surface area (Å²) < 4.78 is 20.0. The van der Waals surface area contributed by atoms with E-state index in [1.165, 1.54) is 31.4 Å². The van der Waals surface area contributed by atoms with E-state index in [0.29, 0.717) is 11.7 Å². The Kier molecular flexibility index (Phi) is 4.43. The van der Waals surface area contributed by atoms with Crippen molar-refractivity contribution in [1.29, 1.82) is 0 Å². The molecule has 1 nitrogen and oxygen atoms in total. The molecule has 0 N–H and O–H groups in total. The molecule has 2 rings (SSSR count). The van der Waals surface area contributed by atoms with E-state index >= 15 is 0 Å². The first kappa shape index (κ1) is 12.9. The number of hydrogen-bond acceptors (Lipinski definition) is 1. The molecule has 1 aromatic carbocycles. The van der Waals surface area contributed by atoms with Gasteiger partial charge < -0.3 is 4.74 Å². The van der Waals surface area contributed by atoms with Gasteiger partial charge in [-0.15, -0.1) is 0 Å². The second-order valence-corrected chi connectivity index (χ2v) is 5.54. The van der Waals surface area contributed by atoms with Crippen LogP contribution < -0.4 is 4.74 Å². The minimum absolute atomic E-state index is 0.242. The molecular formula is C14H18BrFO. The van der Waals surface area contributed by atoms with Crippen molar-refractivity contribution in [3.8, 4) is 5.75 Å². The third-order valence-electron chi connectivity index (χ3n) is 3.54. The second-order valence-electron chi connectivity index (χ2n) is 4.68. The van der Waals surface area contributed by atoms with Crippen molar-refractivity contribution in [2.75, 3.05) is 0 Å². The molecule has 0 aliphatic heterocycles. The molecule has 94 valence electrons. The van der Waals surface area contributed by atoms with Gasteiger partial charge in [0.05, 0.1) is 4.47 Å². The molecule has 0 spiro atoms. The van der Waals surface area contributed by atoms with Gasteiger partial charge in [0.1, 0.15) is 17.7 Å². The van der Waals surface area contributed by atoms with Crippen LogP contribution in [-0.4, -0.2) is 6.10 Å². The zero-order chi connectivity index (χ0) is 12.3. The zero-order valence-electron chi connectivity index (χ0n) is 10.1. The molecule has 1 saturated carbocycles. The normalized spacial score (nSPS) is 24.6. The molecule has 0 radical (unpaired) electrons. The number of rotatable bonds is 3. The molecule has 1 aliphatic carbocycles. The van der Waals surface area contributed by atoms with Crippen LogP contribution in [0.5, 0.6) is 5.75 Å². The van der Waals surface area contributed by atoms with Gasteiger partial charge in [-0.25, -0.2) is 4.39 Å². The van der Waals surface area contributed by atoms with Crippen LogP contribution in [0.2, 0.25) is 0 Å². The van der Waals surface area contributed by atoms with E-state index in [1.54, 1.807) is 6.07 Å². The Bertz CT molecular complexity index is 380. The van der Waals surface area contributed by atoms with E-state index in [1.807, 2.05) is 0 Å². The first-order valence-corrected chi connectivity index (χ1v) is 7.11. The molecule has 3 heteroatoms. The molecular weight excluding hydrogens is 283 g/mol. The standard InChI is InChI=1S/C14H18BrFO/c1-2-10-5-3-4-6-13(10)17-14-9-11(16)7-8-12(14)15/h7-10,13H,2-6H2,1H3. The number of hydrogen-bond donors (Lipinski definition) is 0. The smallest absolute Gasteiger partial charge is 0.136 e. The van der Waals surface area contributed by atoms with Crippen molar-refractivity contribution in [3.05, 3.63) is 28.5 Å². The molecule has 0 aromatic heterocycles. The van der Waals surface area contributed by atoms with Gasteiger partial charge in [0.2, 0.25) is 0 Å². The monoisotopic (exact) mass is 300 g/mol. The molecule has 1 fully saturated rings. The highest BCUT2D eigenvalue weighted by atomic mass is 79.9. The molecule has 0 heterocycles. The lowest BCUT2D eigenvalue weighted by atomic mass is 9.85. The van der Waals surface area contributed by atoms with Gasteiger partial charge in [-0.1, -0.05) is 13.3 Å². The summed E-state index contributed by atoms with van der Waals surface area (Å²) >= 11 is 3.41. The fourth-order valence-corrected chi connectivity index (χ4v) is 2.87. The average molecular weight is 301 g/mol. The molecule has 17 heavy (non-hydrogen) atoms. The Hall–Kier alpha value is -0.570. The van der Waals surface area contributed by atoms with Crippen LogP contribution in [0.15, 0.2) is 22.7 Å². The second kappa shape index (κ2) is 5.85. The van der Waals surface area contributed by atoms with Gasteiger partial charge in [-0.05, 0) is 59.7 Å². The van der Waals surface area contributed by atoms with Crippen LogP contribution in [0.3, 0.4) is 0 Å². The number of halogens is 2. The van der Waals surface area contributed by atoms with E-state index in [4.69, 9.17) is 4.74 Å². The highest BCUT2D eigenvalue weighted by Crippen LogP contribution is 2.33. The van der Waals surface area contributed by atoms with Crippen LogP contribution in [0.25, 0.3) is 0 Å². The predicted octanol–water partition coefficient (Wildman–Crippen LogP) is 4.94. The zero-order valence-corrected chi connectivity index (χ0v) is 11.7. The van der Waals surface area contributed by atoms with Crippen LogP contribution >= 0.6 is 15.9 Å². The molecule has 0 saturated heterocycles. The van der Waals surface area contributed by atoms with Crippen LogP contribution in [-0.2, 0) is 0 Å². The Morgan fingerprint density at radius 1 is 1.35 bits per heavy atom. The van der Waals surface area contributed by atoms with Crippen molar-refractivity contribution in [2.24, 2.45) is 5.92 Å². The molecule has 0 amide bonds. The van der Waals surface area contributed by atoms with Crippen molar-refractivity contribution in [1.82, 2.24) is 0 Å². The maximum atomic E-state index is 13.2. The van der Waals surface area contributed by atoms with Crippen molar-refractivity contribution >= 4 is 15.9 Å². The molecule has 0 bridgehead atoms. The molecule has 2 atom stereocenters. The van der Waals surface area contributed by atoms with Gasteiger partial charge >= 0.3 is 0 Å². The highest BCUT2D eigenvalue weighted by Gasteiger charge is 2.25. The average Bonchev–Trinajstić information content (AvgIpc) is 2.34. The summed E-state index contributed by atoms with van der Waals surface area (Å²) in [5.41, 5.74) is 0. The summed E-state index contributed by atoms with van der Waals surface area (Å²) in [6, 6.07) is 4.61. The fourth-order valence-electron chi connectivity index (χ4n) is 2.53. The topological polar surface area (TPSA) is 9.23 Å². The third kappa shape index (κ3) is 3.21. The van der Waals surface area contributed by atoms with E-state index in [2.05, 4.69) is 22.9 Å². The third-order valence-corrected chi connectivity index (χ3v) is 4.19. The molecule has 1 aromatic rings. The quantitative estimate of drug-likeness (QED) is 0.768. The van der Waals surface area contributed by atoms with E-state index in [0.717, 1.165) is 17.3 Å². The van der Waals surface area contributed by atoms with Gasteiger partial charge in [0.15, 0.2) is 0 Å². The van der Waals surface area contributed by atoms with Gasteiger partial charge in [-0.3, -0.25) is 0 Å². The van der Waals surface area contributed by atoms with Crippen LogP contribution in [0.4, 0.5) is 4.39 Å². The van der Waals surface area contributed by atoms with Crippen molar-refractivity contribution < 1.29 is 9.13 Å². The highest BCUT2D eigenvalue weighted by molar-refractivity contribution is 9.10. The number of benzene rings is 1. The lowest BCUT2D eigenvalue weighted by Crippen LogP contribution is -2.30. The predicted molar refractivity (Wildman–Crippen MR) is 70.8 cm³/mol. The maximum Gasteiger partial charge on any atom is 0.136 e. The minimum Gasteiger partial charge on any atom is -0.489 e.